The van der Waals surface area contributed by atoms with Gasteiger partial charge in [0.15, 0.2) is 0 Å². The van der Waals surface area contributed by atoms with Crippen molar-refractivity contribution in [3.8, 4) is 0 Å². The molecule has 8 heavy (non-hydrogen) atoms. The van der Waals surface area contributed by atoms with Crippen molar-refractivity contribution in [1.29, 1.82) is 0 Å². The smallest absolute Gasteiger partial charge is 0.247 e. The van der Waals surface area contributed by atoms with Crippen LogP contribution in [0.25, 0.3) is 0 Å². The van der Waals surface area contributed by atoms with E-state index in [1.165, 1.54) is 6.07 Å². The Bertz CT molecular complexity index is 178. The highest BCUT2D eigenvalue weighted by atomic mass is 32.1. The van der Waals surface area contributed by atoms with E-state index in [9.17, 15) is 4.79 Å². The molecule has 0 saturated heterocycles. The van der Waals surface area contributed by atoms with Crippen molar-refractivity contribution >= 4 is 13.5 Å². The maximum atomic E-state index is 10.2. The van der Waals surface area contributed by atoms with Gasteiger partial charge < -0.3 is 4.98 Å². The molecule has 0 aliphatic carbocycles. The molecule has 0 saturated carbocycles. The fourth-order valence-corrected chi connectivity index (χ4v) is 0.377. The fraction of sp³-hybridized carbons (Fsp3) is 0. The monoisotopic (exact) mass is 129 g/mol. The lowest BCUT2D eigenvalue weighted by Gasteiger charge is -1.73. The quantitative estimate of drug-likeness (QED) is 0.543. The van der Waals surface area contributed by atoms with Crippen molar-refractivity contribution in [2.45, 2.75) is 0 Å². The Labute approximate surface area is 54.0 Å². The highest BCUT2D eigenvalue weighted by Crippen LogP contribution is 1.67. The normalized spacial score (nSPS) is 7.50. The molecule has 1 N–H and O–H groups in total. The minimum atomic E-state index is -0.0532. The molecule has 0 aliphatic rings. The van der Waals surface area contributed by atoms with Crippen LogP contribution in [-0.2, 0) is 0 Å². The molecule has 0 bridgehead atoms. The van der Waals surface area contributed by atoms with Crippen LogP contribution in [0, 0.1) is 0 Å². The van der Waals surface area contributed by atoms with Crippen LogP contribution in [-0.4, -0.2) is 4.98 Å². The number of aromatic nitrogens is 1. The van der Waals surface area contributed by atoms with Crippen molar-refractivity contribution in [3.63, 3.8) is 0 Å². The van der Waals surface area contributed by atoms with Crippen LogP contribution in [0.3, 0.4) is 0 Å². The van der Waals surface area contributed by atoms with Gasteiger partial charge in [-0.1, -0.05) is 6.07 Å². The predicted molar refractivity (Wildman–Crippen MR) is 37.4 cm³/mol. The first-order chi connectivity index (χ1) is 3.39. The van der Waals surface area contributed by atoms with Crippen molar-refractivity contribution < 1.29 is 0 Å². The molecular weight excluding hydrogens is 122 g/mol. The minimum Gasteiger partial charge on any atom is -0.329 e. The second-order valence-electron chi connectivity index (χ2n) is 1.23. The molecule has 0 aromatic carbocycles. The van der Waals surface area contributed by atoms with E-state index in [0.717, 1.165) is 0 Å². The second-order valence-corrected chi connectivity index (χ2v) is 1.23. The summed E-state index contributed by atoms with van der Waals surface area (Å²) in [7, 11) is 0. The maximum Gasteiger partial charge on any atom is 0.247 e. The van der Waals surface area contributed by atoms with E-state index in [1.807, 2.05) is 0 Å². The molecule has 44 valence electrons. The summed E-state index contributed by atoms with van der Waals surface area (Å²) in [6, 6.07) is 4.93. The van der Waals surface area contributed by atoms with Crippen LogP contribution < -0.4 is 5.56 Å². The Kier molecular flexibility index (Phi) is 3.03. The Hall–Kier alpha value is -0.700. The molecule has 1 aromatic heterocycles. The van der Waals surface area contributed by atoms with Gasteiger partial charge in [-0.3, -0.25) is 4.79 Å². The van der Waals surface area contributed by atoms with Gasteiger partial charge in [-0.15, -0.1) is 0 Å². The summed E-state index contributed by atoms with van der Waals surface area (Å²) in [5.41, 5.74) is -0.0532. The lowest BCUT2D eigenvalue weighted by Crippen LogP contribution is -1.98. The molecule has 0 atom stereocenters. The molecule has 0 aliphatic heterocycles. The van der Waals surface area contributed by atoms with Crippen molar-refractivity contribution in [1.82, 2.24) is 4.98 Å². The van der Waals surface area contributed by atoms with Crippen LogP contribution in [0.2, 0.25) is 0 Å². The summed E-state index contributed by atoms with van der Waals surface area (Å²) < 4.78 is 0. The third kappa shape index (κ3) is 1.84. The van der Waals surface area contributed by atoms with Crippen LogP contribution in [0.4, 0.5) is 0 Å². The van der Waals surface area contributed by atoms with Crippen molar-refractivity contribution in [3.05, 3.63) is 34.7 Å². The number of hydrogen-bond acceptors (Lipinski definition) is 1. The van der Waals surface area contributed by atoms with E-state index in [2.05, 4.69) is 4.98 Å². The topological polar surface area (TPSA) is 32.9 Å². The Balaban J connectivity index is 0.000000490. The molecule has 0 amide bonds. The maximum absolute atomic E-state index is 10.2. The molecule has 1 rings (SSSR count). The van der Waals surface area contributed by atoms with Crippen LogP contribution in [0.15, 0.2) is 29.2 Å². The molecule has 3 heteroatoms. The van der Waals surface area contributed by atoms with Crippen LogP contribution in [0.1, 0.15) is 0 Å². The van der Waals surface area contributed by atoms with Gasteiger partial charge in [0.1, 0.15) is 0 Å². The zero-order valence-electron chi connectivity index (χ0n) is 4.22. The molecule has 1 aromatic rings. The molecule has 2 nitrogen and oxygen atoms in total. The zero-order valence-corrected chi connectivity index (χ0v) is 5.22. The first kappa shape index (κ1) is 7.30. The third-order valence-corrected chi connectivity index (χ3v) is 0.681. The van der Waals surface area contributed by atoms with Crippen LogP contribution in [0.5, 0.6) is 0 Å². The van der Waals surface area contributed by atoms with Gasteiger partial charge in [0, 0.05) is 12.3 Å². The largest absolute Gasteiger partial charge is 0.329 e. The molecular formula is C5H7NOS. The van der Waals surface area contributed by atoms with E-state index < -0.39 is 0 Å². The van der Waals surface area contributed by atoms with Crippen LogP contribution >= 0.6 is 13.5 Å². The lowest BCUT2D eigenvalue weighted by molar-refractivity contribution is 1.24. The van der Waals surface area contributed by atoms with Gasteiger partial charge in [0.05, 0.1) is 0 Å². The van der Waals surface area contributed by atoms with E-state index in [-0.39, 0.29) is 19.1 Å². The average molecular weight is 129 g/mol. The van der Waals surface area contributed by atoms with Gasteiger partial charge in [0.2, 0.25) is 5.56 Å². The Morgan fingerprint density at radius 2 is 2.12 bits per heavy atom. The number of H-pyrrole nitrogens is 1. The minimum absolute atomic E-state index is 0. The third-order valence-electron chi connectivity index (χ3n) is 0.681. The van der Waals surface area contributed by atoms with Crippen molar-refractivity contribution in [2.24, 2.45) is 0 Å². The predicted octanol–water partition coefficient (Wildman–Crippen LogP) is 0.488. The van der Waals surface area contributed by atoms with Gasteiger partial charge in [-0.2, -0.15) is 13.5 Å². The first-order valence-electron chi connectivity index (χ1n) is 2.03. The summed E-state index contributed by atoms with van der Waals surface area (Å²) >= 11 is 0. The highest BCUT2D eigenvalue weighted by molar-refractivity contribution is 7.59. The van der Waals surface area contributed by atoms with Gasteiger partial charge in [-0.05, 0) is 6.07 Å². The highest BCUT2D eigenvalue weighted by Gasteiger charge is 1.69. The van der Waals surface area contributed by atoms with Gasteiger partial charge in [0.25, 0.3) is 0 Å². The Morgan fingerprint density at radius 3 is 2.38 bits per heavy atom. The molecule has 1 heterocycles. The second kappa shape index (κ2) is 3.32. The van der Waals surface area contributed by atoms with Crippen molar-refractivity contribution in [2.75, 3.05) is 0 Å². The SMILES string of the molecule is O=c1cccc[nH]1.S. The molecule has 0 spiro atoms. The van der Waals surface area contributed by atoms with E-state index in [1.54, 1.807) is 18.3 Å². The van der Waals surface area contributed by atoms with Gasteiger partial charge >= 0.3 is 0 Å². The molecule has 0 unspecified atom stereocenters. The summed E-state index contributed by atoms with van der Waals surface area (Å²) in [6.45, 7) is 0. The standard InChI is InChI=1S/C5H5NO.H2S/c7-5-3-1-2-4-6-5;/h1-4H,(H,6,7);1H2. The number of rotatable bonds is 0. The van der Waals surface area contributed by atoms with Gasteiger partial charge in [-0.25, -0.2) is 0 Å². The lowest BCUT2D eigenvalue weighted by atomic mass is 10.5. The molecule has 0 fully saturated rings. The first-order valence-corrected chi connectivity index (χ1v) is 2.03. The summed E-state index contributed by atoms with van der Waals surface area (Å²) in [4.78, 5) is 12.7. The zero-order chi connectivity index (χ0) is 5.11. The summed E-state index contributed by atoms with van der Waals surface area (Å²) in [5.74, 6) is 0. The average Bonchev–Trinajstić information content (AvgIpc) is 1.69. The number of hydrogen-bond donors (Lipinski definition) is 1. The fourth-order valence-electron chi connectivity index (χ4n) is 0.377. The van der Waals surface area contributed by atoms with E-state index >= 15 is 0 Å². The molecule has 0 radical (unpaired) electrons. The summed E-state index contributed by atoms with van der Waals surface area (Å²) in [5, 5.41) is 0. The number of aromatic amines is 1. The number of pyridine rings is 1. The summed E-state index contributed by atoms with van der Waals surface area (Å²) in [6.07, 6.45) is 1.60. The van der Waals surface area contributed by atoms with E-state index in [0.29, 0.717) is 0 Å². The van der Waals surface area contributed by atoms with E-state index in [4.69, 9.17) is 0 Å². The number of nitrogens with one attached hydrogen (secondary N) is 1. The Morgan fingerprint density at radius 1 is 1.38 bits per heavy atom.